The van der Waals surface area contributed by atoms with E-state index in [1.807, 2.05) is 16.3 Å². The van der Waals surface area contributed by atoms with Crippen LogP contribution in [-0.4, -0.2) is 36.3 Å². The second-order valence-electron chi connectivity index (χ2n) is 5.23. The van der Waals surface area contributed by atoms with Gasteiger partial charge in [-0.05, 0) is 31.2 Å². The predicted molar refractivity (Wildman–Crippen MR) is 79.5 cm³/mol. The standard InChI is InChI=1S/C15H21NO3S/c1-11(17)10-12-6-4-3-5-8-16(12)15(18)14-13(19-2)7-9-20-14/h7,9,12H,3-6,8,10H2,1-2H3. The number of methoxy groups -OCH3 is 1. The molecule has 110 valence electrons. The average Bonchev–Trinajstić information content (AvgIpc) is 2.78. The van der Waals surface area contributed by atoms with Gasteiger partial charge >= 0.3 is 0 Å². The zero-order valence-electron chi connectivity index (χ0n) is 12.1. The van der Waals surface area contributed by atoms with E-state index in [0.29, 0.717) is 17.0 Å². The number of amides is 1. The summed E-state index contributed by atoms with van der Waals surface area (Å²) in [6.45, 7) is 2.33. The molecule has 4 nitrogen and oxygen atoms in total. The first kappa shape index (κ1) is 15.0. The normalized spacial score (nSPS) is 19.5. The van der Waals surface area contributed by atoms with E-state index in [4.69, 9.17) is 4.74 Å². The molecule has 1 atom stereocenters. The topological polar surface area (TPSA) is 46.6 Å². The largest absolute Gasteiger partial charge is 0.495 e. The van der Waals surface area contributed by atoms with E-state index in [2.05, 4.69) is 0 Å². The van der Waals surface area contributed by atoms with E-state index < -0.39 is 0 Å². The Morgan fingerprint density at radius 1 is 1.40 bits per heavy atom. The lowest BCUT2D eigenvalue weighted by molar-refractivity contribution is -0.118. The zero-order valence-corrected chi connectivity index (χ0v) is 12.9. The smallest absolute Gasteiger partial charge is 0.268 e. The Balaban J connectivity index is 2.21. The Morgan fingerprint density at radius 2 is 2.20 bits per heavy atom. The van der Waals surface area contributed by atoms with Crippen LogP contribution in [0.4, 0.5) is 0 Å². The van der Waals surface area contributed by atoms with Crippen LogP contribution in [-0.2, 0) is 4.79 Å². The summed E-state index contributed by atoms with van der Waals surface area (Å²) in [6, 6.07) is 1.85. The molecule has 20 heavy (non-hydrogen) atoms. The summed E-state index contributed by atoms with van der Waals surface area (Å²) in [5.74, 6) is 0.781. The minimum atomic E-state index is 0.00463. The Hall–Kier alpha value is -1.36. The van der Waals surface area contributed by atoms with Crippen LogP contribution < -0.4 is 4.74 Å². The summed E-state index contributed by atoms with van der Waals surface area (Å²) in [4.78, 5) is 26.7. The van der Waals surface area contributed by atoms with Crippen molar-refractivity contribution in [2.45, 2.75) is 45.1 Å². The van der Waals surface area contributed by atoms with Gasteiger partial charge in [-0.1, -0.05) is 12.8 Å². The van der Waals surface area contributed by atoms with Crippen molar-refractivity contribution in [3.63, 3.8) is 0 Å². The van der Waals surface area contributed by atoms with Crippen molar-refractivity contribution in [1.82, 2.24) is 4.90 Å². The Labute approximate surface area is 123 Å². The molecule has 0 N–H and O–H groups in total. The molecule has 1 aromatic heterocycles. The first-order valence-corrected chi connectivity index (χ1v) is 7.93. The summed E-state index contributed by atoms with van der Waals surface area (Å²) in [7, 11) is 1.58. The lowest BCUT2D eigenvalue weighted by Gasteiger charge is -2.29. The maximum Gasteiger partial charge on any atom is 0.268 e. The number of thiophene rings is 1. The van der Waals surface area contributed by atoms with Gasteiger partial charge in [-0.25, -0.2) is 0 Å². The molecule has 1 aliphatic rings. The van der Waals surface area contributed by atoms with Crippen LogP contribution in [0.2, 0.25) is 0 Å². The van der Waals surface area contributed by atoms with Gasteiger partial charge in [0.25, 0.3) is 5.91 Å². The monoisotopic (exact) mass is 295 g/mol. The lowest BCUT2D eigenvalue weighted by atomic mass is 10.0. The van der Waals surface area contributed by atoms with Crippen molar-refractivity contribution in [3.05, 3.63) is 16.3 Å². The second-order valence-corrected chi connectivity index (χ2v) is 6.14. The third-order valence-electron chi connectivity index (χ3n) is 3.70. The first-order chi connectivity index (χ1) is 9.63. The summed E-state index contributed by atoms with van der Waals surface area (Å²) in [5, 5.41) is 1.86. The van der Waals surface area contributed by atoms with E-state index in [1.165, 1.54) is 11.3 Å². The molecular formula is C15H21NO3S. The molecule has 0 spiro atoms. The molecule has 0 saturated carbocycles. The van der Waals surface area contributed by atoms with Crippen molar-refractivity contribution in [2.75, 3.05) is 13.7 Å². The third kappa shape index (κ3) is 3.39. The number of hydrogen-bond donors (Lipinski definition) is 0. The number of ether oxygens (including phenoxy) is 1. The summed E-state index contributed by atoms with van der Waals surface area (Å²) < 4.78 is 5.24. The molecule has 1 amide bonds. The number of carbonyl (C=O) groups is 2. The molecule has 5 heteroatoms. The predicted octanol–water partition coefficient (Wildman–Crippen LogP) is 3.12. The Morgan fingerprint density at radius 3 is 2.90 bits per heavy atom. The van der Waals surface area contributed by atoms with Gasteiger partial charge in [0, 0.05) is 19.0 Å². The number of carbonyl (C=O) groups excluding carboxylic acids is 2. The second kappa shape index (κ2) is 6.88. The van der Waals surface area contributed by atoms with Gasteiger partial charge < -0.3 is 9.64 Å². The van der Waals surface area contributed by atoms with Crippen LogP contribution in [0.1, 0.15) is 48.7 Å². The number of rotatable bonds is 4. The maximum atomic E-state index is 12.7. The summed E-state index contributed by atoms with van der Waals surface area (Å²) >= 11 is 1.40. The van der Waals surface area contributed by atoms with Crippen molar-refractivity contribution in [3.8, 4) is 5.75 Å². The minimum absolute atomic E-state index is 0.00463. The summed E-state index contributed by atoms with van der Waals surface area (Å²) in [5.41, 5.74) is 0. The van der Waals surface area contributed by atoms with Gasteiger partial charge in [0.2, 0.25) is 0 Å². The highest BCUT2D eigenvalue weighted by Crippen LogP contribution is 2.29. The van der Waals surface area contributed by atoms with E-state index in [9.17, 15) is 9.59 Å². The van der Waals surface area contributed by atoms with Crippen LogP contribution in [0.15, 0.2) is 11.4 Å². The van der Waals surface area contributed by atoms with Gasteiger partial charge in [0.1, 0.15) is 16.4 Å². The fourth-order valence-corrected chi connectivity index (χ4v) is 3.55. The van der Waals surface area contributed by atoms with Gasteiger partial charge in [0.15, 0.2) is 0 Å². The van der Waals surface area contributed by atoms with E-state index in [0.717, 1.165) is 32.2 Å². The Bertz CT molecular complexity index is 483. The number of hydrogen-bond acceptors (Lipinski definition) is 4. The van der Waals surface area contributed by atoms with E-state index in [-0.39, 0.29) is 17.7 Å². The number of ketones is 1. The molecule has 1 saturated heterocycles. The van der Waals surface area contributed by atoms with Gasteiger partial charge in [-0.3, -0.25) is 9.59 Å². The number of nitrogens with zero attached hydrogens (tertiary/aromatic N) is 1. The van der Waals surface area contributed by atoms with Gasteiger partial charge in [-0.15, -0.1) is 11.3 Å². The molecule has 0 radical (unpaired) electrons. The zero-order chi connectivity index (χ0) is 14.5. The van der Waals surface area contributed by atoms with E-state index >= 15 is 0 Å². The average molecular weight is 295 g/mol. The lowest BCUT2D eigenvalue weighted by Crippen LogP contribution is -2.40. The molecule has 1 unspecified atom stereocenters. The highest BCUT2D eigenvalue weighted by Gasteiger charge is 2.29. The van der Waals surface area contributed by atoms with Crippen molar-refractivity contribution >= 4 is 23.0 Å². The third-order valence-corrected chi connectivity index (χ3v) is 4.59. The fraction of sp³-hybridized carbons (Fsp3) is 0.600. The molecule has 0 aromatic carbocycles. The number of likely N-dealkylation sites (tertiary alicyclic amines) is 1. The highest BCUT2D eigenvalue weighted by molar-refractivity contribution is 7.12. The van der Waals surface area contributed by atoms with E-state index in [1.54, 1.807) is 14.0 Å². The SMILES string of the molecule is COc1ccsc1C(=O)N1CCCCCC1CC(C)=O. The highest BCUT2D eigenvalue weighted by atomic mass is 32.1. The van der Waals surface area contributed by atoms with Gasteiger partial charge in [-0.2, -0.15) is 0 Å². The molecule has 1 aliphatic heterocycles. The maximum absolute atomic E-state index is 12.7. The molecular weight excluding hydrogens is 274 g/mol. The van der Waals surface area contributed by atoms with Crippen molar-refractivity contribution in [1.29, 1.82) is 0 Å². The van der Waals surface area contributed by atoms with Gasteiger partial charge in [0.05, 0.1) is 7.11 Å². The van der Waals surface area contributed by atoms with Crippen LogP contribution in [0.5, 0.6) is 5.75 Å². The fourth-order valence-electron chi connectivity index (χ4n) is 2.73. The van der Waals surface area contributed by atoms with Crippen molar-refractivity contribution < 1.29 is 14.3 Å². The quantitative estimate of drug-likeness (QED) is 0.857. The van der Waals surface area contributed by atoms with Crippen LogP contribution in [0.25, 0.3) is 0 Å². The molecule has 1 fully saturated rings. The first-order valence-electron chi connectivity index (χ1n) is 7.05. The molecule has 1 aromatic rings. The molecule has 2 rings (SSSR count). The summed E-state index contributed by atoms with van der Waals surface area (Å²) in [6.07, 6.45) is 4.59. The Kier molecular flexibility index (Phi) is 5.17. The van der Waals surface area contributed by atoms with Crippen molar-refractivity contribution in [2.24, 2.45) is 0 Å². The molecule has 0 bridgehead atoms. The van der Waals surface area contributed by atoms with Crippen LogP contribution in [0, 0.1) is 0 Å². The molecule has 0 aliphatic carbocycles. The number of Topliss-reactive ketones (excluding diaryl/α,β-unsaturated/α-hetero) is 1. The minimum Gasteiger partial charge on any atom is -0.495 e. The van der Waals surface area contributed by atoms with Crippen LogP contribution >= 0.6 is 11.3 Å². The van der Waals surface area contributed by atoms with Crippen LogP contribution in [0.3, 0.4) is 0 Å². The molecule has 2 heterocycles.